The van der Waals surface area contributed by atoms with Crippen molar-refractivity contribution in [3.8, 4) is 0 Å². The number of hydrogen-bond donors (Lipinski definition) is 1. The van der Waals surface area contributed by atoms with Gasteiger partial charge in [-0.3, -0.25) is 4.90 Å². The Balaban J connectivity index is 1.76. The predicted molar refractivity (Wildman–Crippen MR) is 70.8 cm³/mol. The van der Waals surface area contributed by atoms with E-state index >= 15 is 0 Å². The summed E-state index contributed by atoms with van der Waals surface area (Å²) >= 11 is 0. The molecule has 4 nitrogen and oxygen atoms in total. The van der Waals surface area contributed by atoms with Crippen LogP contribution in [-0.4, -0.2) is 24.1 Å². The van der Waals surface area contributed by atoms with Gasteiger partial charge in [-0.05, 0) is 50.2 Å². The Morgan fingerprint density at radius 3 is 3.11 bits per heavy atom. The molecule has 2 heterocycles. The summed E-state index contributed by atoms with van der Waals surface area (Å²) in [7, 11) is 0. The molecule has 0 bridgehead atoms. The first kappa shape index (κ1) is 11.5. The molecule has 0 unspecified atom stereocenters. The molecule has 18 heavy (non-hydrogen) atoms. The van der Waals surface area contributed by atoms with Gasteiger partial charge in [0.1, 0.15) is 5.82 Å². The third-order valence-corrected chi connectivity index (χ3v) is 3.66. The number of nitrogens with zero attached hydrogens (tertiary/aromatic N) is 2. The number of fused-ring (bicyclic) bond motifs is 1. The Hall–Kier alpha value is -1.58. The fourth-order valence-electron chi connectivity index (χ4n) is 2.38. The molecule has 2 aliphatic rings. The fraction of sp³-hybridized carbons (Fsp3) is 0.571. The minimum absolute atomic E-state index is 0.0148. The number of carbonyl (C=O) groups is 1. The van der Waals surface area contributed by atoms with Crippen molar-refractivity contribution >= 4 is 11.8 Å². The number of urea groups is 1. The van der Waals surface area contributed by atoms with Gasteiger partial charge in [-0.2, -0.15) is 0 Å². The van der Waals surface area contributed by atoms with E-state index in [-0.39, 0.29) is 6.03 Å². The summed E-state index contributed by atoms with van der Waals surface area (Å²) in [5.41, 5.74) is 2.16. The van der Waals surface area contributed by atoms with Crippen LogP contribution < -0.4 is 10.2 Å². The van der Waals surface area contributed by atoms with E-state index < -0.39 is 0 Å². The van der Waals surface area contributed by atoms with E-state index in [1.165, 1.54) is 18.4 Å². The summed E-state index contributed by atoms with van der Waals surface area (Å²) in [6.45, 7) is 3.56. The minimum atomic E-state index is 0.0148. The van der Waals surface area contributed by atoms with Crippen LogP contribution in [0.5, 0.6) is 0 Å². The van der Waals surface area contributed by atoms with Gasteiger partial charge in [0.2, 0.25) is 0 Å². The maximum atomic E-state index is 12.2. The SMILES string of the molecule is Cc1ccc2c(n1)N(C(=O)NCC1CC1)CCC2. The Kier molecular flexibility index (Phi) is 2.94. The zero-order valence-electron chi connectivity index (χ0n) is 10.8. The third-order valence-electron chi connectivity index (χ3n) is 3.66. The lowest BCUT2D eigenvalue weighted by atomic mass is 10.1. The van der Waals surface area contributed by atoms with Crippen LogP contribution in [0.4, 0.5) is 10.6 Å². The first-order valence-corrected chi connectivity index (χ1v) is 6.76. The molecule has 4 heteroatoms. The Morgan fingerprint density at radius 1 is 1.50 bits per heavy atom. The highest BCUT2D eigenvalue weighted by atomic mass is 16.2. The standard InChI is InChI=1S/C14H19N3O/c1-10-4-7-12-3-2-8-17(13(12)16-10)14(18)15-9-11-5-6-11/h4,7,11H,2-3,5-6,8-9H2,1H3,(H,15,18). The second-order valence-electron chi connectivity index (χ2n) is 5.32. The van der Waals surface area contributed by atoms with Crippen LogP contribution in [-0.2, 0) is 6.42 Å². The van der Waals surface area contributed by atoms with E-state index in [0.29, 0.717) is 5.92 Å². The van der Waals surface area contributed by atoms with Crippen molar-refractivity contribution in [2.24, 2.45) is 5.92 Å². The number of carbonyl (C=O) groups excluding carboxylic acids is 1. The van der Waals surface area contributed by atoms with Crippen molar-refractivity contribution < 1.29 is 4.79 Å². The fourth-order valence-corrected chi connectivity index (χ4v) is 2.38. The van der Waals surface area contributed by atoms with Crippen molar-refractivity contribution in [1.82, 2.24) is 10.3 Å². The monoisotopic (exact) mass is 245 g/mol. The number of amides is 2. The van der Waals surface area contributed by atoms with Crippen molar-refractivity contribution in [3.63, 3.8) is 0 Å². The number of aryl methyl sites for hydroxylation is 2. The number of hydrogen-bond acceptors (Lipinski definition) is 2. The molecule has 2 amide bonds. The van der Waals surface area contributed by atoms with Crippen LogP contribution in [0.1, 0.15) is 30.5 Å². The molecule has 0 saturated heterocycles. The van der Waals surface area contributed by atoms with Gasteiger partial charge in [-0.25, -0.2) is 9.78 Å². The summed E-state index contributed by atoms with van der Waals surface area (Å²) in [5.74, 6) is 1.57. The van der Waals surface area contributed by atoms with Crippen molar-refractivity contribution in [1.29, 1.82) is 0 Å². The average molecular weight is 245 g/mol. The minimum Gasteiger partial charge on any atom is -0.337 e. The molecule has 0 aromatic carbocycles. The summed E-state index contributed by atoms with van der Waals surface area (Å²) < 4.78 is 0. The van der Waals surface area contributed by atoms with Crippen LogP contribution in [0.3, 0.4) is 0 Å². The van der Waals surface area contributed by atoms with Gasteiger partial charge in [-0.1, -0.05) is 6.07 Å². The van der Waals surface area contributed by atoms with Gasteiger partial charge in [0.15, 0.2) is 0 Å². The Morgan fingerprint density at radius 2 is 2.33 bits per heavy atom. The molecule has 1 aromatic heterocycles. The van der Waals surface area contributed by atoms with Gasteiger partial charge in [0.05, 0.1) is 0 Å². The van der Waals surface area contributed by atoms with E-state index in [0.717, 1.165) is 37.4 Å². The maximum Gasteiger partial charge on any atom is 0.323 e. The first-order chi connectivity index (χ1) is 8.74. The molecule has 96 valence electrons. The number of pyridine rings is 1. The smallest absolute Gasteiger partial charge is 0.323 e. The molecule has 1 fully saturated rings. The van der Waals surface area contributed by atoms with E-state index in [1.807, 2.05) is 13.0 Å². The van der Waals surface area contributed by atoms with Gasteiger partial charge in [0, 0.05) is 18.8 Å². The Labute approximate surface area is 107 Å². The normalized spacial score (nSPS) is 18.4. The summed E-state index contributed by atoms with van der Waals surface area (Å²) in [6, 6.07) is 4.13. The van der Waals surface area contributed by atoms with Gasteiger partial charge < -0.3 is 5.32 Å². The lowest BCUT2D eigenvalue weighted by Gasteiger charge is -2.28. The average Bonchev–Trinajstić information content (AvgIpc) is 3.19. The molecule has 1 aliphatic heterocycles. The van der Waals surface area contributed by atoms with Gasteiger partial charge in [-0.15, -0.1) is 0 Å². The molecule has 3 rings (SSSR count). The van der Waals surface area contributed by atoms with E-state index in [2.05, 4.69) is 16.4 Å². The highest BCUT2D eigenvalue weighted by molar-refractivity contribution is 5.92. The van der Waals surface area contributed by atoms with E-state index in [1.54, 1.807) is 4.90 Å². The van der Waals surface area contributed by atoms with E-state index in [4.69, 9.17) is 0 Å². The van der Waals surface area contributed by atoms with Crippen molar-refractivity contribution in [2.75, 3.05) is 18.0 Å². The highest BCUT2D eigenvalue weighted by Crippen LogP contribution is 2.28. The van der Waals surface area contributed by atoms with Crippen molar-refractivity contribution in [3.05, 3.63) is 23.4 Å². The summed E-state index contributed by atoms with van der Waals surface area (Å²) in [5, 5.41) is 3.02. The van der Waals surface area contributed by atoms with Crippen LogP contribution in [0, 0.1) is 12.8 Å². The molecule has 0 atom stereocenters. The second kappa shape index (κ2) is 4.59. The number of rotatable bonds is 2. The summed E-state index contributed by atoms with van der Waals surface area (Å²) in [4.78, 5) is 18.5. The first-order valence-electron chi connectivity index (χ1n) is 6.76. The third kappa shape index (κ3) is 2.33. The lowest BCUT2D eigenvalue weighted by molar-refractivity contribution is 0.245. The molecular weight excluding hydrogens is 226 g/mol. The number of anilines is 1. The maximum absolute atomic E-state index is 12.2. The predicted octanol–water partition coefficient (Wildman–Crippen LogP) is 2.26. The van der Waals surface area contributed by atoms with Crippen LogP contribution in [0.15, 0.2) is 12.1 Å². The summed E-state index contributed by atoms with van der Waals surface area (Å²) in [6.07, 6.45) is 4.56. The zero-order chi connectivity index (χ0) is 12.5. The molecule has 1 N–H and O–H groups in total. The lowest BCUT2D eigenvalue weighted by Crippen LogP contribution is -2.44. The molecule has 1 aliphatic carbocycles. The Bertz CT molecular complexity index is 468. The zero-order valence-corrected chi connectivity index (χ0v) is 10.8. The van der Waals surface area contributed by atoms with Crippen molar-refractivity contribution in [2.45, 2.75) is 32.6 Å². The highest BCUT2D eigenvalue weighted by Gasteiger charge is 2.26. The van der Waals surface area contributed by atoms with Gasteiger partial charge >= 0.3 is 6.03 Å². The number of nitrogens with one attached hydrogen (secondary N) is 1. The van der Waals surface area contributed by atoms with Crippen LogP contribution in [0.25, 0.3) is 0 Å². The van der Waals surface area contributed by atoms with Crippen LogP contribution in [0.2, 0.25) is 0 Å². The van der Waals surface area contributed by atoms with Crippen LogP contribution >= 0.6 is 0 Å². The molecule has 1 aromatic rings. The number of aromatic nitrogens is 1. The molecule has 1 saturated carbocycles. The van der Waals surface area contributed by atoms with Gasteiger partial charge in [0.25, 0.3) is 0 Å². The van der Waals surface area contributed by atoms with E-state index in [9.17, 15) is 4.79 Å². The second-order valence-corrected chi connectivity index (χ2v) is 5.32. The molecule has 0 radical (unpaired) electrons. The quantitative estimate of drug-likeness (QED) is 0.868. The molecular formula is C14H19N3O. The molecule has 0 spiro atoms. The largest absolute Gasteiger partial charge is 0.337 e. The topological polar surface area (TPSA) is 45.2 Å².